The lowest BCUT2D eigenvalue weighted by Gasteiger charge is -2.23. The SMILES string of the molecule is C=CC(C)(CC)CCCCCCC=O. The second-order valence-electron chi connectivity index (χ2n) is 4.33. The molecule has 0 N–H and O–H groups in total. The van der Waals surface area contributed by atoms with Crippen molar-refractivity contribution in [2.24, 2.45) is 5.41 Å². The molecule has 0 spiro atoms. The van der Waals surface area contributed by atoms with Crippen LogP contribution in [0.25, 0.3) is 0 Å². The van der Waals surface area contributed by atoms with E-state index in [1.165, 1.54) is 32.1 Å². The Morgan fingerprint density at radius 2 is 1.86 bits per heavy atom. The fraction of sp³-hybridized carbons (Fsp3) is 0.769. The molecular weight excluding hydrogens is 172 g/mol. The Labute approximate surface area is 88.6 Å². The van der Waals surface area contributed by atoms with Gasteiger partial charge in [0, 0.05) is 6.42 Å². The molecule has 0 heterocycles. The van der Waals surface area contributed by atoms with Gasteiger partial charge in [0.05, 0.1) is 0 Å². The molecule has 0 aromatic rings. The number of hydrogen-bond acceptors (Lipinski definition) is 1. The summed E-state index contributed by atoms with van der Waals surface area (Å²) in [6, 6.07) is 0. The molecule has 1 heteroatoms. The van der Waals surface area contributed by atoms with Crippen molar-refractivity contribution in [3.63, 3.8) is 0 Å². The average molecular weight is 196 g/mol. The predicted octanol–water partition coefficient (Wildman–Crippen LogP) is 4.13. The van der Waals surface area contributed by atoms with Crippen molar-refractivity contribution >= 4 is 6.29 Å². The number of allylic oxidation sites excluding steroid dienone is 1. The fourth-order valence-corrected chi connectivity index (χ4v) is 1.53. The fourth-order valence-electron chi connectivity index (χ4n) is 1.53. The second kappa shape index (κ2) is 7.78. The maximum absolute atomic E-state index is 10.1. The normalized spacial score (nSPS) is 14.7. The van der Waals surface area contributed by atoms with Crippen LogP contribution >= 0.6 is 0 Å². The van der Waals surface area contributed by atoms with Gasteiger partial charge in [-0.3, -0.25) is 0 Å². The van der Waals surface area contributed by atoms with Crippen LogP contribution in [-0.4, -0.2) is 6.29 Å². The predicted molar refractivity (Wildman–Crippen MR) is 62.4 cm³/mol. The third-order valence-corrected chi connectivity index (χ3v) is 3.12. The summed E-state index contributed by atoms with van der Waals surface area (Å²) in [6.07, 6.45) is 11.0. The molecule has 0 amide bonds. The largest absolute Gasteiger partial charge is 0.303 e. The standard InChI is InChI=1S/C13H24O/c1-4-13(3,5-2)11-9-7-6-8-10-12-14/h4,12H,1,5-11H2,2-3H3. The molecule has 0 fully saturated rings. The van der Waals surface area contributed by atoms with E-state index in [2.05, 4.69) is 26.5 Å². The van der Waals surface area contributed by atoms with Crippen LogP contribution < -0.4 is 0 Å². The number of hydrogen-bond donors (Lipinski definition) is 0. The van der Waals surface area contributed by atoms with Gasteiger partial charge in [-0.2, -0.15) is 0 Å². The summed E-state index contributed by atoms with van der Waals surface area (Å²) in [6.45, 7) is 8.37. The first kappa shape index (κ1) is 13.4. The maximum atomic E-state index is 10.1. The van der Waals surface area contributed by atoms with E-state index in [1.807, 2.05) is 0 Å². The molecule has 82 valence electrons. The monoisotopic (exact) mass is 196 g/mol. The van der Waals surface area contributed by atoms with Crippen LogP contribution in [0.3, 0.4) is 0 Å². The van der Waals surface area contributed by atoms with Gasteiger partial charge in [0.25, 0.3) is 0 Å². The van der Waals surface area contributed by atoms with E-state index in [0.29, 0.717) is 5.41 Å². The highest BCUT2D eigenvalue weighted by atomic mass is 16.1. The first-order valence-electron chi connectivity index (χ1n) is 5.76. The van der Waals surface area contributed by atoms with Gasteiger partial charge in [-0.1, -0.05) is 39.2 Å². The Hall–Kier alpha value is -0.590. The first-order valence-corrected chi connectivity index (χ1v) is 5.76. The molecule has 0 aliphatic carbocycles. The highest BCUT2D eigenvalue weighted by Gasteiger charge is 2.16. The topological polar surface area (TPSA) is 17.1 Å². The number of carbonyl (C=O) groups excluding carboxylic acids is 1. The molecule has 14 heavy (non-hydrogen) atoms. The van der Waals surface area contributed by atoms with Crippen LogP contribution in [0.4, 0.5) is 0 Å². The van der Waals surface area contributed by atoms with Crippen molar-refractivity contribution in [1.82, 2.24) is 0 Å². The lowest BCUT2D eigenvalue weighted by molar-refractivity contribution is -0.107. The third kappa shape index (κ3) is 5.95. The highest BCUT2D eigenvalue weighted by molar-refractivity contribution is 5.48. The highest BCUT2D eigenvalue weighted by Crippen LogP contribution is 2.29. The molecular formula is C13H24O. The molecule has 1 atom stereocenters. The van der Waals surface area contributed by atoms with Crippen LogP contribution in [0.5, 0.6) is 0 Å². The summed E-state index contributed by atoms with van der Waals surface area (Å²) >= 11 is 0. The van der Waals surface area contributed by atoms with E-state index in [1.54, 1.807) is 0 Å². The van der Waals surface area contributed by atoms with Crippen LogP contribution in [-0.2, 0) is 4.79 Å². The van der Waals surface area contributed by atoms with Crippen LogP contribution in [0.2, 0.25) is 0 Å². The third-order valence-electron chi connectivity index (χ3n) is 3.12. The van der Waals surface area contributed by atoms with Gasteiger partial charge in [-0.15, -0.1) is 6.58 Å². The Kier molecular flexibility index (Phi) is 7.45. The van der Waals surface area contributed by atoms with E-state index in [4.69, 9.17) is 0 Å². The summed E-state index contributed by atoms with van der Waals surface area (Å²) < 4.78 is 0. The van der Waals surface area contributed by atoms with Gasteiger partial charge in [-0.05, 0) is 24.7 Å². The Balaban J connectivity index is 3.42. The zero-order valence-electron chi connectivity index (χ0n) is 9.72. The molecule has 0 aromatic carbocycles. The van der Waals surface area contributed by atoms with E-state index in [-0.39, 0.29) is 0 Å². The second-order valence-corrected chi connectivity index (χ2v) is 4.33. The average Bonchev–Trinajstić information content (AvgIpc) is 2.23. The zero-order valence-corrected chi connectivity index (χ0v) is 9.72. The molecule has 0 aliphatic rings. The summed E-state index contributed by atoms with van der Waals surface area (Å²) in [4.78, 5) is 10.1. The molecule has 0 bridgehead atoms. The Morgan fingerprint density at radius 1 is 1.21 bits per heavy atom. The maximum Gasteiger partial charge on any atom is 0.119 e. The molecule has 0 radical (unpaired) electrons. The molecule has 0 rings (SSSR count). The van der Waals surface area contributed by atoms with Gasteiger partial charge >= 0.3 is 0 Å². The quantitative estimate of drug-likeness (QED) is 0.308. The minimum Gasteiger partial charge on any atom is -0.303 e. The van der Waals surface area contributed by atoms with Crippen LogP contribution in [0.1, 0.15) is 58.8 Å². The molecule has 0 aliphatic heterocycles. The van der Waals surface area contributed by atoms with Gasteiger partial charge in [0.15, 0.2) is 0 Å². The number of rotatable bonds is 9. The van der Waals surface area contributed by atoms with E-state index in [9.17, 15) is 4.79 Å². The van der Waals surface area contributed by atoms with Crippen molar-refractivity contribution < 1.29 is 4.79 Å². The smallest absolute Gasteiger partial charge is 0.119 e. The lowest BCUT2D eigenvalue weighted by Crippen LogP contribution is -2.10. The van der Waals surface area contributed by atoms with Gasteiger partial charge in [0.1, 0.15) is 6.29 Å². The van der Waals surface area contributed by atoms with Gasteiger partial charge in [0.2, 0.25) is 0 Å². The van der Waals surface area contributed by atoms with Gasteiger partial charge in [-0.25, -0.2) is 0 Å². The van der Waals surface area contributed by atoms with Gasteiger partial charge < -0.3 is 4.79 Å². The van der Waals surface area contributed by atoms with E-state index in [0.717, 1.165) is 19.1 Å². The molecule has 0 saturated carbocycles. The van der Waals surface area contributed by atoms with Crippen molar-refractivity contribution in [2.45, 2.75) is 58.8 Å². The molecule has 1 nitrogen and oxygen atoms in total. The summed E-state index contributed by atoms with van der Waals surface area (Å²) in [5.74, 6) is 0. The van der Waals surface area contributed by atoms with Crippen LogP contribution in [0.15, 0.2) is 12.7 Å². The Morgan fingerprint density at radius 3 is 2.36 bits per heavy atom. The number of carbonyl (C=O) groups is 1. The Bertz CT molecular complexity index is 163. The molecule has 0 saturated heterocycles. The minimum atomic E-state index is 0.324. The van der Waals surface area contributed by atoms with Crippen molar-refractivity contribution in [3.05, 3.63) is 12.7 Å². The zero-order chi connectivity index (χ0) is 10.9. The minimum absolute atomic E-state index is 0.324. The van der Waals surface area contributed by atoms with E-state index >= 15 is 0 Å². The van der Waals surface area contributed by atoms with E-state index < -0.39 is 0 Å². The van der Waals surface area contributed by atoms with Crippen molar-refractivity contribution in [1.29, 1.82) is 0 Å². The molecule has 1 unspecified atom stereocenters. The summed E-state index contributed by atoms with van der Waals surface area (Å²) in [7, 11) is 0. The molecule has 0 aromatic heterocycles. The van der Waals surface area contributed by atoms with Crippen LogP contribution in [0, 0.1) is 5.41 Å². The van der Waals surface area contributed by atoms with Crippen molar-refractivity contribution in [2.75, 3.05) is 0 Å². The number of unbranched alkanes of at least 4 members (excludes halogenated alkanes) is 4. The summed E-state index contributed by atoms with van der Waals surface area (Å²) in [5.41, 5.74) is 0.324. The summed E-state index contributed by atoms with van der Waals surface area (Å²) in [5, 5.41) is 0. The lowest BCUT2D eigenvalue weighted by atomic mass is 9.82. The first-order chi connectivity index (χ1) is 6.68. The number of aldehydes is 1. The van der Waals surface area contributed by atoms with Crippen molar-refractivity contribution in [3.8, 4) is 0 Å².